The Balaban J connectivity index is 1.84. The van der Waals surface area contributed by atoms with E-state index in [9.17, 15) is 9.59 Å². The van der Waals surface area contributed by atoms with E-state index in [4.69, 9.17) is 4.74 Å². The molecule has 1 N–H and O–H groups in total. The number of aryl methyl sites for hydroxylation is 2. The summed E-state index contributed by atoms with van der Waals surface area (Å²) >= 11 is 1.51. The fourth-order valence-electron chi connectivity index (χ4n) is 2.56. The van der Waals surface area contributed by atoms with Crippen molar-refractivity contribution < 1.29 is 9.53 Å². The number of nitrogens with one attached hydrogen (secondary N) is 1. The lowest BCUT2D eigenvalue weighted by Gasteiger charge is -2.11. The van der Waals surface area contributed by atoms with Crippen LogP contribution < -0.4 is 15.6 Å². The molecular weight excluding hydrogens is 338 g/mol. The van der Waals surface area contributed by atoms with Crippen molar-refractivity contribution in [1.29, 1.82) is 0 Å². The fraction of sp³-hybridized carbons (Fsp3) is 0.278. The highest BCUT2D eigenvalue weighted by molar-refractivity contribution is 7.18. The van der Waals surface area contributed by atoms with Gasteiger partial charge in [-0.3, -0.25) is 14.2 Å². The number of fused-ring (bicyclic) bond motifs is 1. The van der Waals surface area contributed by atoms with Crippen LogP contribution in [-0.2, 0) is 17.8 Å². The molecule has 3 aromatic rings. The fourth-order valence-corrected chi connectivity index (χ4v) is 3.49. The molecule has 0 bridgehead atoms. The van der Waals surface area contributed by atoms with Crippen LogP contribution in [0.4, 0.5) is 5.69 Å². The van der Waals surface area contributed by atoms with Gasteiger partial charge < -0.3 is 10.1 Å². The van der Waals surface area contributed by atoms with Crippen molar-refractivity contribution in [1.82, 2.24) is 9.55 Å². The number of aromatic nitrogens is 2. The second kappa shape index (κ2) is 7.06. The van der Waals surface area contributed by atoms with Gasteiger partial charge in [-0.15, -0.1) is 11.3 Å². The lowest BCUT2D eigenvalue weighted by atomic mass is 10.2. The SMILES string of the molecule is CCc1cc2c(=O)n(CC(=O)Nc3cc(C)ccc3OC)cnc2s1. The molecule has 1 aromatic carbocycles. The van der Waals surface area contributed by atoms with Crippen molar-refractivity contribution in [2.45, 2.75) is 26.8 Å². The summed E-state index contributed by atoms with van der Waals surface area (Å²) in [5, 5.41) is 3.35. The predicted octanol–water partition coefficient (Wildman–Crippen LogP) is 2.98. The molecule has 6 nitrogen and oxygen atoms in total. The van der Waals surface area contributed by atoms with Crippen LogP contribution in [0.1, 0.15) is 17.4 Å². The summed E-state index contributed by atoms with van der Waals surface area (Å²) < 4.78 is 6.58. The highest BCUT2D eigenvalue weighted by Crippen LogP contribution is 2.25. The molecule has 0 aliphatic heterocycles. The maximum Gasteiger partial charge on any atom is 0.262 e. The van der Waals surface area contributed by atoms with Gasteiger partial charge in [0.25, 0.3) is 5.56 Å². The van der Waals surface area contributed by atoms with Gasteiger partial charge in [-0.25, -0.2) is 4.98 Å². The van der Waals surface area contributed by atoms with Crippen LogP contribution in [0.25, 0.3) is 10.2 Å². The third-order valence-electron chi connectivity index (χ3n) is 3.86. The maximum atomic E-state index is 12.5. The molecule has 0 saturated carbocycles. The highest BCUT2D eigenvalue weighted by atomic mass is 32.1. The van der Waals surface area contributed by atoms with Crippen LogP contribution in [0.15, 0.2) is 35.4 Å². The number of hydrogen-bond donors (Lipinski definition) is 1. The molecule has 0 fully saturated rings. The first-order chi connectivity index (χ1) is 12.0. The maximum absolute atomic E-state index is 12.5. The number of hydrogen-bond acceptors (Lipinski definition) is 5. The lowest BCUT2D eigenvalue weighted by Crippen LogP contribution is -2.27. The first-order valence-electron chi connectivity index (χ1n) is 7.94. The van der Waals surface area contributed by atoms with Gasteiger partial charge in [-0.05, 0) is 37.1 Å². The summed E-state index contributed by atoms with van der Waals surface area (Å²) in [5.74, 6) is 0.267. The molecule has 0 saturated heterocycles. The number of rotatable bonds is 5. The minimum atomic E-state index is -0.307. The topological polar surface area (TPSA) is 73.2 Å². The molecule has 1 amide bonds. The highest BCUT2D eigenvalue weighted by Gasteiger charge is 2.12. The molecule has 0 spiro atoms. The Hall–Kier alpha value is -2.67. The molecule has 3 rings (SSSR count). The van der Waals surface area contributed by atoms with Gasteiger partial charge in [0.1, 0.15) is 17.1 Å². The van der Waals surface area contributed by atoms with Gasteiger partial charge in [-0.2, -0.15) is 0 Å². The molecule has 130 valence electrons. The molecule has 0 aliphatic carbocycles. The summed E-state index contributed by atoms with van der Waals surface area (Å²) in [7, 11) is 1.55. The van der Waals surface area contributed by atoms with E-state index in [0.29, 0.717) is 21.7 Å². The van der Waals surface area contributed by atoms with Crippen molar-refractivity contribution in [3.63, 3.8) is 0 Å². The number of benzene rings is 1. The quantitative estimate of drug-likeness (QED) is 0.762. The number of thiophene rings is 1. The van der Waals surface area contributed by atoms with Crippen LogP contribution in [0.2, 0.25) is 0 Å². The Labute approximate surface area is 149 Å². The zero-order valence-electron chi connectivity index (χ0n) is 14.3. The zero-order valence-corrected chi connectivity index (χ0v) is 15.1. The lowest BCUT2D eigenvalue weighted by molar-refractivity contribution is -0.116. The van der Waals surface area contributed by atoms with E-state index >= 15 is 0 Å². The minimum Gasteiger partial charge on any atom is -0.495 e. The number of anilines is 1. The van der Waals surface area contributed by atoms with Gasteiger partial charge in [0.2, 0.25) is 5.91 Å². The molecule has 0 radical (unpaired) electrons. The van der Waals surface area contributed by atoms with E-state index in [1.807, 2.05) is 32.0 Å². The van der Waals surface area contributed by atoms with Gasteiger partial charge >= 0.3 is 0 Å². The second-order valence-corrected chi connectivity index (χ2v) is 6.83. The molecule has 2 aromatic heterocycles. The average Bonchev–Trinajstić information content (AvgIpc) is 3.02. The van der Waals surface area contributed by atoms with Crippen molar-refractivity contribution in [2.75, 3.05) is 12.4 Å². The number of methoxy groups -OCH3 is 1. The predicted molar refractivity (Wildman–Crippen MR) is 99.6 cm³/mol. The largest absolute Gasteiger partial charge is 0.495 e. The van der Waals surface area contributed by atoms with Gasteiger partial charge in [0.05, 0.1) is 24.5 Å². The van der Waals surface area contributed by atoms with Gasteiger partial charge in [0, 0.05) is 4.88 Å². The molecule has 0 atom stereocenters. The molecular formula is C18H19N3O3S. The van der Waals surface area contributed by atoms with Gasteiger partial charge in [-0.1, -0.05) is 13.0 Å². The second-order valence-electron chi connectivity index (χ2n) is 5.71. The standard InChI is InChI=1S/C18H19N3O3S/c1-4-12-8-13-17(25-12)19-10-21(18(13)23)9-16(22)20-14-7-11(2)5-6-15(14)24-3/h5-8,10H,4,9H2,1-3H3,(H,20,22). The summed E-state index contributed by atoms with van der Waals surface area (Å²) in [6, 6.07) is 7.38. The van der Waals surface area contributed by atoms with Gasteiger partial charge in [0.15, 0.2) is 0 Å². The summed E-state index contributed by atoms with van der Waals surface area (Å²) in [6.07, 6.45) is 2.28. The minimum absolute atomic E-state index is 0.101. The molecule has 7 heteroatoms. The molecule has 0 aliphatic rings. The van der Waals surface area contributed by atoms with Crippen molar-refractivity contribution in [3.05, 3.63) is 51.4 Å². The molecule has 0 unspecified atom stereocenters. The van der Waals surface area contributed by atoms with Crippen LogP contribution in [0.5, 0.6) is 5.75 Å². The van der Waals surface area contributed by atoms with Crippen LogP contribution in [0, 0.1) is 6.92 Å². The Kier molecular flexibility index (Phi) is 4.85. The van der Waals surface area contributed by atoms with Crippen LogP contribution in [-0.4, -0.2) is 22.6 Å². The Morgan fingerprint density at radius 2 is 2.16 bits per heavy atom. The smallest absolute Gasteiger partial charge is 0.262 e. The number of amides is 1. The molecule has 25 heavy (non-hydrogen) atoms. The van der Waals surface area contributed by atoms with Crippen LogP contribution >= 0.6 is 11.3 Å². The molecule has 2 heterocycles. The van der Waals surface area contributed by atoms with Crippen molar-refractivity contribution in [2.24, 2.45) is 0 Å². The average molecular weight is 357 g/mol. The van der Waals surface area contributed by atoms with E-state index in [1.54, 1.807) is 13.2 Å². The summed E-state index contributed by atoms with van der Waals surface area (Å²) in [5.41, 5.74) is 1.38. The first kappa shape index (κ1) is 17.2. The normalized spacial score (nSPS) is 10.8. The van der Waals surface area contributed by atoms with E-state index in [0.717, 1.165) is 16.9 Å². The van der Waals surface area contributed by atoms with E-state index in [2.05, 4.69) is 10.3 Å². The first-order valence-corrected chi connectivity index (χ1v) is 8.75. The monoisotopic (exact) mass is 357 g/mol. The number of ether oxygens (including phenoxy) is 1. The van der Waals surface area contributed by atoms with E-state index < -0.39 is 0 Å². The third kappa shape index (κ3) is 3.56. The number of carbonyl (C=O) groups excluding carboxylic acids is 1. The summed E-state index contributed by atoms with van der Waals surface area (Å²) in [4.78, 5) is 31.0. The van der Waals surface area contributed by atoms with E-state index in [1.165, 1.54) is 22.2 Å². The van der Waals surface area contributed by atoms with Crippen LogP contribution in [0.3, 0.4) is 0 Å². The Morgan fingerprint density at radius 3 is 2.88 bits per heavy atom. The number of nitrogens with zero attached hydrogens (tertiary/aromatic N) is 2. The number of carbonyl (C=O) groups is 1. The van der Waals surface area contributed by atoms with Crippen molar-refractivity contribution in [3.8, 4) is 5.75 Å². The third-order valence-corrected chi connectivity index (χ3v) is 5.05. The Bertz CT molecular complexity index is 991. The zero-order chi connectivity index (χ0) is 18.0. The Morgan fingerprint density at radius 1 is 1.36 bits per heavy atom. The summed E-state index contributed by atoms with van der Waals surface area (Å²) in [6.45, 7) is 3.86. The van der Waals surface area contributed by atoms with Crippen molar-refractivity contribution >= 4 is 33.1 Å². The van der Waals surface area contributed by atoms with E-state index in [-0.39, 0.29) is 18.0 Å².